The van der Waals surface area contributed by atoms with Gasteiger partial charge < -0.3 is 14.9 Å². The predicted molar refractivity (Wildman–Crippen MR) is 176 cm³/mol. The van der Waals surface area contributed by atoms with Gasteiger partial charge in [-0.2, -0.15) is 5.26 Å². The summed E-state index contributed by atoms with van der Waals surface area (Å²) in [6, 6.07) is 2.47. The molecule has 0 saturated carbocycles. The molecular formula is C32H29Cl3F2N6O3. The van der Waals surface area contributed by atoms with E-state index in [9.17, 15) is 24.3 Å². The van der Waals surface area contributed by atoms with Gasteiger partial charge in [-0.15, -0.1) is 0 Å². The lowest BCUT2D eigenvalue weighted by Gasteiger charge is -2.41. The molecule has 240 valence electrons. The molecule has 0 radical (unpaired) electrons. The number of pyridine rings is 2. The molecular weight excluding hydrogens is 661 g/mol. The van der Waals surface area contributed by atoms with Crippen LogP contribution in [-0.2, 0) is 4.79 Å². The Morgan fingerprint density at radius 3 is 2.50 bits per heavy atom. The average molecular weight is 690 g/mol. The Hall–Kier alpha value is -3.98. The monoisotopic (exact) mass is 688 g/mol. The number of piperazine rings is 1. The first-order valence-electron chi connectivity index (χ1n) is 14.4. The van der Waals surface area contributed by atoms with Crippen molar-refractivity contribution in [1.29, 1.82) is 5.26 Å². The lowest BCUT2D eigenvalue weighted by atomic mass is 9.88. The fourth-order valence-corrected chi connectivity index (χ4v) is 6.84. The first-order valence-corrected chi connectivity index (χ1v) is 15.5. The molecule has 0 spiro atoms. The number of nitriles is 1. The second kappa shape index (κ2) is 12.7. The molecule has 2 aliphatic heterocycles. The normalized spacial score (nSPS) is 19.8. The topological polar surface area (TPSA) is 115 Å². The largest absolute Gasteiger partial charge is 0.505 e. The van der Waals surface area contributed by atoms with Gasteiger partial charge in [0.05, 0.1) is 28.0 Å². The van der Waals surface area contributed by atoms with Crippen molar-refractivity contribution in [3.63, 3.8) is 0 Å². The van der Waals surface area contributed by atoms with Crippen LogP contribution >= 0.6 is 34.8 Å². The number of anilines is 1. The highest BCUT2D eigenvalue weighted by Crippen LogP contribution is 2.46. The van der Waals surface area contributed by atoms with Gasteiger partial charge in [0.2, 0.25) is 5.91 Å². The molecule has 3 atom stereocenters. The maximum absolute atomic E-state index is 15.5. The Morgan fingerprint density at radius 2 is 1.89 bits per heavy atom. The number of nitrogens with zero attached hydrogens (tertiary/aromatic N) is 6. The van der Waals surface area contributed by atoms with Crippen molar-refractivity contribution >= 4 is 63.1 Å². The minimum absolute atomic E-state index is 0.00604. The number of rotatable bonds is 5. The highest BCUT2D eigenvalue weighted by Gasteiger charge is 2.36. The molecule has 1 saturated heterocycles. The average Bonchev–Trinajstić information content (AvgIpc) is 3.02. The standard InChI is InChI=1S/C32H29Cl3F2N6O3/c1-6-20(44)42-10-9-41(13-16(42)5)29-17-11-19(33)27(21-24(36)22(34)25(37)23(35)30(21)45)40-31(17)43(32(46)18(29)12-38)28-15(4)7-8-39-26(28)14(2)3/h6-8,11,14-16,28,45H,1,9-10,13H2,2-5H3/t15?,16-,28?/m1/s1. The number of aromatic nitrogens is 2. The van der Waals surface area contributed by atoms with E-state index in [1.54, 1.807) is 11.1 Å². The third kappa shape index (κ3) is 5.32. The van der Waals surface area contributed by atoms with Crippen LogP contribution in [0.2, 0.25) is 15.1 Å². The van der Waals surface area contributed by atoms with E-state index in [2.05, 4.69) is 22.6 Å². The molecule has 5 rings (SSSR count). The minimum atomic E-state index is -1.36. The number of allylic oxidation sites excluding steroid dienone is 1. The number of aliphatic imine (C=N–C) groups is 1. The number of carbonyl (C=O) groups excluding carboxylic acids is 1. The van der Waals surface area contributed by atoms with E-state index in [0.29, 0.717) is 5.71 Å². The number of hydrogen-bond donors (Lipinski definition) is 1. The SMILES string of the molecule is C=CC(=O)N1CCN(c2c(C#N)c(=O)n(C3C(C(C)C)=NC=CC3C)c3nc(-c4c(O)c(Cl)c(F)c(Cl)c4F)c(Cl)cc23)C[C@H]1C. The van der Waals surface area contributed by atoms with E-state index in [-0.39, 0.29) is 76.4 Å². The zero-order valence-corrected chi connectivity index (χ0v) is 27.6. The summed E-state index contributed by atoms with van der Waals surface area (Å²) in [5, 5.41) is 19.5. The second-order valence-electron chi connectivity index (χ2n) is 11.6. The maximum atomic E-state index is 15.5. The summed E-state index contributed by atoms with van der Waals surface area (Å²) in [4.78, 5) is 39.6. The molecule has 2 aromatic heterocycles. The lowest BCUT2D eigenvalue weighted by Crippen LogP contribution is -2.54. The Kier molecular flexibility index (Phi) is 9.19. The lowest BCUT2D eigenvalue weighted by molar-refractivity contribution is -0.128. The van der Waals surface area contributed by atoms with Crippen molar-refractivity contribution in [2.75, 3.05) is 24.5 Å². The number of hydrogen-bond acceptors (Lipinski definition) is 7. The Bertz CT molecular complexity index is 1940. The third-order valence-electron chi connectivity index (χ3n) is 8.39. The van der Waals surface area contributed by atoms with Gasteiger partial charge >= 0.3 is 0 Å². The van der Waals surface area contributed by atoms with Gasteiger partial charge in [0.15, 0.2) is 11.6 Å². The summed E-state index contributed by atoms with van der Waals surface area (Å²) in [5.74, 6) is -4.35. The van der Waals surface area contributed by atoms with Crippen LogP contribution in [0.1, 0.15) is 39.3 Å². The quantitative estimate of drug-likeness (QED) is 0.177. The van der Waals surface area contributed by atoms with Gasteiger partial charge in [0, 0.05) is 48.9 Å². The Balaban J connectivity index is 1.89. The number of phenols is 1. The minimum Gasteiger partial charge on any atom is -0.505 e. The van der Waals surface area contributed by atoms with Gasteiger partial charge in [-0.05, 0) is 25.0 Å². The van der Waals surface area contributed by atoms with E-state index >= 15 is 4.39 Å². The predicted octanol–water partition coefficient (Wildman–Crippen LogP) is 6.90. The highest BCUT2D eigenvalue weighted by atomic mass is 35.5. The molecule has 0 bridgehead atoms. The maximum Gasteiger partial charge on any atom is 0.272 e. The van der Waals surface area contributed by atoms with Crippen molar-refractivity contribution in [3.05, 3.63) is 73.6 Å². The number of fused-ring (bicyclic) bond motifs is 1. The fourth-order valence-electron chi connectivity index (χ4n) is 6.17. The summed E-state index contributed by atoms with van der Waals surface area (Å²) in [7, 11) is 0. The number of aromatic hydroxyl groups is 1. The smallest absolute Gasteiger partial charge is 0.272 e. The van der Waals surface area contributed by atoms with Crippen LogP contribution in [0.4, 0.5) is 14.5 Å². The molecule has 1 fully saturated rings. The molecule has 0 aliphatic carbocycles. The summed E-state index contributed by atoms with van der Waals surface area (Å²) in [6.45, 7) is 11.9. The van der Waals surface area contributed by atoms with Crippen LogP contribution in [0, 0.1) is 34.8 Å². The summed E-state index contributed by atoms with van der Waals surface area (Å²) >= 11 is 18.6. The molecule has 14 heteroatoms. The molecule has 4 heterocycles. The molecule has 3 aromatic rings. The molecule has 2 unspecified atom stereocenters. The van der Waals surface area contributed by atoms with E-state index < -0.39 is 44.6 Å². The van der Waals surface area contributed by atoms with Crippen LogP contribution in [0.3, 0.4) is 0 Å². The highest BCUT2D eigenvalue weighted by molar-refractivity contribution is 6.37. The van der Waals surface area contributed by atoms with Crippen molar-refractivity contribution < 1.29 is 18.7 Å². The van der Waals surface area contributed by atoms with Crippen molar-refractivity contribution in [2.24, 2.45) is 16.8 Å². The van der Waals surface area contributed by atoms with Gasteiger partial charge in [-0.25, -0.2) is 13.8 Å². The summed E-state index contributed by atoms with van der Waals surface area (Å²) < 4.78 is 31.3. The fraction of sp³-hybridized carbons (Fsp3) is 0.344. The Morgan fingerprint density at radius 1 is 1.20 bits per heavy atom. The molecule has 46 heavy (non-hydrogen) atoms. The van der Waals surface area contributed by atoms with Crippen LogP contribution in [0.15, 0.2) is 40.8 Å². The van der Waals surface area contributed by atoms with Crippen LogP contribution in [0.25, 0.3) is 22.3 Å². The zero-order chi connectivity index (χ0) is 33.8. The molecule has 1 N–H and O–H groups in total. The van der Waals surface area contributed by atoms with E-state index in [1.165, 1.54) is 16.7 Å². The number of amides is 1. The van der Waals surface area contributed by atoms with E-state index in [0.717, 1.165) is 0 Å². The second-order valence-corrected chi connectivity index (χ2v) is 12.7. The molecule has 1 aromatic carbocycles. The first-order chi connectivity index (χ1) is 21.7. The Labute approximate surface area is 278 Å². The third-order valence-corrected chi connectivity index (χ3v) is 9.35. The van der Waals surface area contributed by atoms with Gasteiger partial charge in [0.25, 0.3) is 5.56 Å². The van der Waals surface area contributed by atoms with Gasteiger partial charge in [0.1, 0.15) is 33.1 Å². The number of benzene rings is 1. The van der Waals surface area contributed by atoms with Crippen LogP contribution in [0.5, 0.6) is 5.75 Å². The molecule has 9 nitrogen and oxygen atoms in total. The van der Waals surface area contributed by atoms with E-state index in [4.69, 9.17) is 34.8 Å². The van der Waals surface area contributed by atoms with Crippen LogP contribution in [-0.4, -0.2) is 56.9 Å². The van der Waals surface area contributed by atoms with Crippen LogP contribution < -0.4 is 10.5 Å². The van der Waals surface area contributed by atoms with Crippen molar-refractivity contribution in [2.45, 2.75) is 39.8 Å². The zero-order valence-electron chi connectivity index (χ0n) is 25.3. The number of phenolic OH excluding ortho intramolecular Hbond substituents is 1. The summed E-state index contributed by atoms with van der Waals surface area (Å²) in [5.41, 5.74) is -0.989. The summed E-state index contributed by atoms with van der Waals surface area (Å²) in [6.07, 6.45) is 4.69. The van der Waals surface area contributed by atoms with Crippen molar-refractivity contribution in [3.8, 4) is 23.1 Å². The van der Waals surface area contributed by atoms with Gasteiger partial charge in [-0.1, -0.05) is 68.2 Å². The van der Waals surface area contributed by atoms with E-state index in [1.807, 2.05) is 38.7 Å². The molecule has 1 amide bonds. The first kappa shape index (κ1) is 33.4. The van der Waals surface area contributed by atoms with Crippen molar-refractivity contribution in [1.82, 2.24) is 14.5 Å². The number of halogens is 5. The molecule has 2 aliphatic rings. The number of carbonyl (C=O) groups is 1. The van der Waals surface area contributed by atoms with Gasteiger partial charge in [-0.3, -0.25) is 19.1 Å².